The van der Waals surface area contributed by atoms with Crippen LogP contribution in [0.5, 0.6) is 0 Å². The molecule has 0 radical (unpaired) electrons. The van der Waals surface area contributed by atoms with Crippen molar-refractivity contribution in [2.24, 2.45) is 5.73 Å². The van der Waals surface area contributed by atoms with E-state index in [-0.39, 0.29) is 12.1 Å². The van der Waals surface area contributed by atoms with Crippen molar-refractivity contribution in [3.8, 4) is 0 Å². The highest BCUT2D eigenvalue weighted by molar-refractivity contribution is 14.1. The summed E-state index contributed by atoms with van der Waals surface area (Å²) in [6.45, 7) is 4.57. The van der Waals surface area contributed by atoms with Gasteiger partial charge in [0.05, 0.1) is 18.8 Å². The van der Waals surface area contributed by atoms with Gasteiger partial charge in [0.2, 0.25) is 0 Å². The molecule has 0 aromatic heterocycles. The Hall–Kier alpha value is 0.350. The van der Waals surface area contributed by atoms with Crippen molar-refractivity contribution in [2.75, 3.05) is 6.61 Å². The number of hydrogen-bond donors (Lipinski definition) is 1. The lowest BCUT2D eigenvalue weighted by Crippen LogP contribution is -2.20. The van der Waals surface area contributed by atoms with Gasteiger partial charge in [-0.3, -0.25) is 0 Å². The van der Waals surface area contributed by atoms with Crippen LogP contribution in [0.4, 0.5) is 0 Å². The average Bonchev–Trinajstić information content (AvgIpc) is 2.18. The van der Waals surface area contributed by atoms with E-state index in [1.165, 1.54) is 3.57 Å². The van der Waals surface area contributed by atoms with Gasteiger partial charge in [0.15, 0.2) is 0 Å². The van der Waals surface area contributed by atoms with Crippen LogP contribution in [0.25, 0.3) is 0 Å². The summed E-state index contributed by atoms with van der Waals surface area (Å²) in [6, 6.07) is 6.08. The molecule has 1 aromatic rings. The van der Waals surface area contributed by atoms with Gasteiger partial charge >= 0.3 is 0 Å². The van der Waals surface area contributed by atoms with Crippen molar-refractivity contribution in [3.05, 3.63) is 31.8 Å². The van der Waals surface area contributed by atoms with Crippen LogP contribution >= 0.6 is 38.5 Å². The highest BCUT2D eigenvalue weighted by Gasteiger charge is 2.11. The second-order valence-corrected chi connectivity index (χ2v) is 5.75. The van der Waals surface area contributed by atoms with E-state index < -0.39 is 0 Å². The van der Waals surface area contributed by atoms with Gasteiger partial charge < -0.3 is 10.5 Å². The van der Waals surface area contributed by atoms with E-state index in [1.807, 2.05) is 26.0 Å². The fraction of sp³-hybridized carbons (Fsp3) is 0.455. The molecule has 0 amide bonds. The van der Waals surface area contributed by atoms with E-state index in [2.05, 4.69) is 44.6 Å². The number of nitrogens with two attached hydrogens (primary N) is 1. The van der Waals surface area contributed by atoms with Crippen LogP contribution in [0, 0.1) is 3.57 Å². The molecular weight excluding hydrogens is 369 g/mol. The van der Waals surface area contributed by atoms with Crippen LogP contribution in [0.3, 0.4) is 0 Å². The molecule has 0 saturated heterocycles. The highest BCUT2D eigenvalue weighted by atomic mass is 127. The topological polar surface area (TPSA) is 35.2 Å². The third-order valence-electron chi connectivity index (χ3n) is 1.97. The molecule has 1 rings (SSSR count). The van der Waals surface area contributed by atoms with Crippen molar-refractivity contribution in [1.82, 2.24) is 0 Å². The summed E-state index contributed by atoms with van der Waals surface area (Å²) < 4.78 is 7.73. The second-order valence-electron chi connectivity index (χ2n) is 3.65. The zero-order valence-electron chi connectivity index (χ0n) is 8.84. The summed E-state index contributed by atoms with van der Waals surface area (Å²) in [6.07, 6.45) is 0.220. The maximum atomic E-state index is 6.05. The Labute approximate surface area is 113 Å². The lowest BCUT2D eigenvalue weighted by Gasteiger charge is -2.16. The minimum absolute atomic E-state index is 0.0727. The molecule has 15 heavy (non-hydrogen) atoms. The zero-order chi connectivity index (χ0) is 11.4. The van der Waals surface area contributed by atoms with Crippen LogP contribution < -0.4 is 5.73 Å². The van der Waals surface area contributed by atoms with E-state index in [0.29, 0.717) is 6.61 Å². The number of hydrogen-bond acceptors (Lipinski definition) is 2. The molecule has 4 heteroatoms. The van der Waals surface area contributed by atoms with Crippen molar-refractivity contribution in [2.45, 2.75) is 26.0 Å². The lowest BCUT2D eigenvalue weighted by molar-refractivity contribution is 0.0682. The molecule has 0 heterocycles. The van der Waals surface area contributed by atoms with Crippen LogP contribution in [-0.4, -0.2) is 12.7 Å². The van der Waals surface area contributed by atoms with E-state index in [1.54, 1.807) is 0 Å². The van der Waals surface area contributed by atoms with Crippen LogP contribution in [0.15, 0.2) is 22.7 Å². The standard InChI is InChI=1S/C11H15BrINO/c1-7(2)15-6-11(14)9-5-8(13)3-4-10(9)12/h3-5,7,11H,6,14H2,1-2H3. The normalized spacial score (nSPS) is 13.2. The molecule has 84 valence electrons. The number of halogens is 2. The Morgan fingerprint density at radius 2 is 2.13 bits per heavy atom. The summed E-state index contributed by atoms with van der Waals surface area (Å²) in [5.74, 6) is 0. The number of benzene rings is 1. The summed E-state index contributed by atoms with van der Waals surface area (Å²) >= 11 is 5.78. The van der Waals surface area contributed by atoms with Crippen molar-refractivity contribution >= 4 is 38.5 Å². The average molecular weight is 384 g/mol. The fourth-order valence-corrected chi connectivity index (χ4v) is 2.24. The van der Waals surface area contributed by atoms with Gasteiger partial charge in [0.25, 0.3) is 0 Å². The van der Waals surface area contributed by atoms with Crippen LogP contribution in [-0.2, 0) is 4.74 Å². The summed E-state index contributed by atoms with van der Waals surface area (Å²) in [4.78, 5) is 0. The molecule has 0 fully saturated rings. The second kappa shape index (κ2) is 6.18. The molecule has 2 nitrogen and oxygen atoms in total. The van der Waals surface area contributed by atoms with Gasteiger partial charge in [-0.2, -0.15) is 0 Å². The van der Waals surface area contributed by atoms with Crippen LogP contribution in [0.1, 0.15) is 25.5 Å². The van der Waals surface area contributed by atoms with Gasteiger partial charge in [-0.25, -0.2) is 0 Å². The van der Waals surface area contributed by atoms with Crippen LogP contribution in [0.2, 0.25) is 0 Å². The molecule has 0 saturated carbocycles. The van der Waals surface area contributed by atoms with E-state index in [0.717, 1.165) is 10.0 Å². The molecule has 0 aliphatic rings. The maximum absolute atomic E-state index is 6.05. The molecule has 0 aliphatic heterocycles. The number of ether oxygens (including phenoxy) is 1. The van der Waals surface area contributed by atoms with Crippen molar-refractivity contribution in [3.63, 3.8) is 0 Å². The predicted octanol–water partition coefficient (Wildman–Crippen LogP) is 3.48. The zero-order valence-corrected chi connectivity index (χ0v) is 12.6. The van der Waals surface area contributed by atoms with Gasteiger partial charge in [-0.15, -0.1) is 0 Å². The van der Waals surface area contributed by atoms with Crippen molar-refractivity contribution < 1.29 is 4.74 Å². The van der Waals surface area contributed by atoms with E-state index >= 15 is 0 Å². The monoisotopic (exact) mass is 383 g/mol. The first-order valence-corrected chi connectivity index (χ1v) is 6.70. The Balaban J connectivity index is 2.72. The largest absolute Gasteiger partial charge is 0.377 e. The smallest absolute Gasteiger partial charge is 0.0663 e. The summed E-state index contributed by atoms with van der Waals surface area (Å²) in [7, 11) is 0. The summed E-state index contributed by atoms with van der Waals surface area (Å²) in [5.41, 5.74) is 7.15. The first kappa shape index (κ1) is 13.4. The molecule has 2 N–H and O–H groups in total. The Kier molecular flexibility index (Phi) is 5.52. The molecule has 1 unspecified atom stereocenters. The minimum Gasteiger partial charge on any atom is -0.377 e. The van der Waals surface area contributed by atoms with Gasteiger partial charge in [-0.1, -0.05) is 15.9 Å². The predicted molar refractivity (Wildman–Crippen MR) is 74.9 cm³/mol. The molecule has 1 aromatic carbocycles. The SMILES string of the molecule is CC(C)OCC(N)c1cc(I)ccc1Br. The number of rotatable bonds is 4. The molecule has 1 atom stereocenters. The molecular formula is C11H15BrINO. The van der Waals surface area contributed by atoms with Gasteiger partial charge in [-0.05, 0) is 60.2 Å². The van der Waals surface area contributed by atoms with E-state index in [9.17, 15) is 0 Å². The maximum Gasteiger partial charge on any atom is 0.0663 e. The first-order valence-electron chi connectivity index (χ1n) is 4.83. The molecule has 0 bridgehead atoms. The van der Waals surface area contributed by atoms with Crippen molar-refractivity contribution in [1.29, 1.82) is 0 Å². The molecule has 0 spiro atoms. The first-order chi connectivity index (χ1) is 7.00. The van der Waals surface area contributed by atoms with E-state index in [4.69, 9.17) is 10.5 Å². The third kappa shape index (κ3) is 4.38. The minimum atomic E-state index is -0.0727. The fourth-order valence-electron chi connectivity index (χ4n) is 1.18. The Bertz CT molecular complexity index is 330. The Morgan fingerprint density at radius 3 is 2.73 bits per heavy atom. The Morgan fingerprint density at radius 1 is 1.47 bits per heavy atom. The quantitative estimate of drug-likeness (QED) is 0.808. The van der Waals surface area contributed by atoms with Gasteiger partial charge in [0, 0.05) is 8.04 Å². The summed E-state index contributed by atoms with van der Waals surface area (Å²) in [5, 5.41) is 0. The van der Waals surface area contributed by atoms with Gasteiger partial charge in [0.1, 0.15) is 0 Å². The third-order valence-corrected chi connectivity index (χ3v) is 3.36. The highest BCUT2D eigenvalue weighted by Crippen LogP contribution is 2.24. The molecule has 0 aliphatic carbocycles. The lowest BCUT2D eigenvalue weighted by atomic mass is 10.1.